The van der Waals surface area contributed by atoms with Gasteiger partial charge in [-0.3, -0.25) is 9.78 Å². The van der Waals surface area contributed by atoms with Crippen molar-refractivity contribution in [1.82, 2.24) is 10.3 Å². The van der Waals surface area contributed by atoms with Crippen LogP contribution in [0, 0.1) is 12.8 Å². The molecule has 0 aliphatic carbocycles. The largest absolute Gasteiger partial charge is 0.316 e. The van der Waals surface area contributed by atoms with Crippen LogP contribution < -0.4 is 5.32 Å². The van der Waals surface area contributed by atoms with Crippen molar-refractivity contribution in [3.8, 4) is 0 Å². The van der Waals surface area contributed by atoms with E-state index in [1.54, 1.807) is 0 Å². The number of benzene rings is 1. The van der Waals surface area contributed by atoms with Crippen LogP contribution in [0.5, 0.6) is 0 Å². The maximum atomic E-state index is 12.4. The van der Waals surface area contributed by atoms with Crippen LogP contribution in [0.3, 0.4) is 0 Å². The minimum Gasteiger partial charge on any atom is -0.316 e. The Hall–Kier alpha value is -1.74. The molecule has 0 saturated carbocycles. The molecular weight excluding hydrogens is 236 g/mol. The van der Waals surface area contributed by atoms with Crippen molar-refractivity contribution in [1.29, 1.82) is 0 Å². The first kappa shape index (κ1) is 12.3. The maximum absolute atomic E-state index is 12.4. The average Bonchev–Trinajstić information content (AvgIpc) is 2.47. The fourth-order valence-electron chi connectivity index (χ4n) is 2.69. The fraction of sp³-hybridized carbons (Fsp3) is 0.375. The fourth-order valence-corrected chi connectivity index (χ4v) is 2.69. The van der Waals surface area contributed by atoms with Gasteiger partial charge < -0.3 is 5.32 Å². The lowest BCUT2D eigenvalue weighted by molar-refractivity contribution is 0.0900. The Morgan fingerprint density at radius 2 is 2.21 bits per heavy atom. The van der Waals surface area contributed by atoms with Crippen molar-refractivity contribution >= 4 is 16.7 Å². The van der Waals surface area contributed by atoms with Gasteiger partial charge in [0.05, 0.1) is 5.52 Å². The monoisotopic (exact) mass is 254 g/mol. The average molecular weight is 254 g/mol. The first-order valence-electron chi connectivity index (χ1n) is 6.86. The summed E-state index contributed by atoms with van der Waals surface area (Å²) in [7, 11) is 0. The zero-order valence-electron chi connectivity index (χ0n) is 11.1. The molecule has 0 amide bonds. The normalized spacial score (nSPS) is 19.5. The number of nitrogens with one attached hydrogen (secondary N) is 1. The minimum absolute atomic E-state index is 0.129. The van der Waals surface area contributed by atoms with Gasteiger partial charge in [0.15, 0.2) is 5.78 Å². The molecule has 1 aromatic carbocycles. The molecule has 0 bridgehead atoms. The second-order valence-corrected chi connectivity index (χ2v) is 5.27. The van der Waals surface area contributed by atoms with E-state index >= 15 is 0 Å². The molecule has 1 aliphatic rings. The molecule has 1 fully saturated rings. The van der Waals surface area contributed by atoms with Crippen LogP contribution in [0.1, 0.15) is 28.9 Å². The zero-order valence-corrected chi connectivity index (χ0v) is 11.1. The van der Waals surface area contributed by atoms with Gasteiger partial charge in [-0.1, -0.05) is 6.07 Å². The Morgan fingerprint density at radius 3 is 3.00 bits per heavy atom. The highest BCUT2D eigenvalue weighted by Crippen LogP contribution is 2.20. The molecule has 1 aliphatic heterocycles. The van der Waals surface area contributed by atoms with Gasteiger partial charge in [-0.2, -0.15) is 0 Å². The molecule has 3 nitrogen and oxygen atoms in total. The van der Waals surface area contributed by atoms with Crippen LogP contribution >= 0.6 is 0 Å². The molecule has 3 rings (SSSR count). The molecule has 19 heavy (non-hydrogen) atoms. The Morgan fingerprint density at radius 1 is 1.32 bits per heavy atom. The predicted octanol–water partition coefficient (Wildman–Crippen LogP) is 2.73. The smallest absolute Gasteiger partial charge is 0.167 e. The van der Waals surface area contributed by atoms with E-state index in [9.17, 15) is 4.79 Å². The number of ketones is 1. The summed E-state index contributed by atoms with van der Waals surface area (Å²) in [5.41, 5.74) is 2.77. The lowest BCUT2D eigenvalue weighted by Crippen LogP contribution is -2.34. The van der Waals surface area contributed by atoms with E-state index in [0.29, 0.717) is 0 Å². The number of carbonyl (C=O) groups is 1. The van der Waals surface area contributed by atoms with Crippen LogP contribution in [0.4, 0.5) is 0 Å². The van der Waals surface area contributed by atoms with Crippen molar-refractivity contribution in [3.05, 3.63) is 41.6 Å². The van der Waals surface area contributed by atoms with Gasteiger partial charge >= 0.3 is 0 Å². The van der Waals surface area contributed by atoms with Crippen molar-refractivity contribution in [2.75, 3.05) is 13.1 Å². The number of aromatic nitrogens is 1. The summed E-state index contributed by atoms with van der Waals surface area (Å²) in [5.74, 6) is 0.388. The molecule has 2 aromatic rings. The predicted molar refractivity (Wildman–Crippen MR) is 76.4 cm³/mol. The Bertz CT molecular complexity index is 615. The number of rotatable bonds is 2. The number of aryl methyl sites for hydroxylation is 1. The van der Waals surface area contributed by atoms with Gasteiger partial charge in [0.2, 0.25) is 0 Å². The molecule has 2 heterocycles. The maximum Gasteiger partial charge on any atom is 0.167 e. The zero-order chi connectivity index (χ0) is 13.2. The van der Waals surface area contributed by atoms with E-state index in [4.69, 9.17) is 0 Å². The Labute approximate surface area is 113 Å². The van der Waals surface area contributed by atoms with E-state index < -0.39 is 0 Å². The molecule has 3 heteroatoms. The van der Waals surface area contributed by atoms with E-state index in [2.05, 4.69) is 10.3 Å². The van der Waals surface area contributed by atoms with Crippen molar-refractivity contribution < 1.29 is 4.79 Å². The first-order chi connectivity index (χ1) is 9.24. The number of Topliss-reactive ketones (excluding diaryl/α,β-unsaturated/α-hetero) is 1. The Balaban J connectivity index is 1.92. The highest BCUT2D eigenvalue weighted by atomic mass is 16.1. The second-order valence-electron chi connectivity index (χ2n) is 5.27. The second kappa shape index (κ2) is 5.10. The van der Waals surface area contributed by atoms with Gasteiger partial charge in [0, 0.05) is 29.1 Å². The summed E-state index contributed by atoms with van der Waals surface area (Å²) >= 11 is 0. The molecule has 1 aromatic heterocycles. The highest BCUT2D eigenvalue weighted by molar-refractivity contribution is 6.01. The third kappa shape index (κ3) is 2.51. The third-order valence-electron chi connectivity index (χ3n) is 3.78. The first-order valence-corrected chi connectivity index (χ1v) is 6.86. The lowest BCUT2D eigenvalue weighted by atomic mass is 9.90. The van der Waals surface area contributed by atoms with Gasteiger partial charge in [-0.15, -0.1) is 0 Å². The van der Waals surface area contributed by atoms with Crippen LogP contribution in [-0.4, -0.2) is 23.9 Å². The van der Waals surface area contributed by atoms with Crippen LogP contribution in [0.25, 0.3) is 10.9 Å². The van der Waals surface area contributed by atoms with Crippen LogP contribution in [-0.2, 0) is 0 Å². The quantitative estimate of drug-likeness (QED) is 0.838. The number of piperidine rings is 1. The topological polar surface area (TPSA) is 42.0 Å². The number of hydrogen-bond acceptors (Lipinski definition) is 3. The number of carbonyl (C=O) groups excluding carboxylic acids is 1. The number of hydrogen-bond donors (Lipinski definition) is 1. The standard InChI is InChI=1S/C16H18N2O/c1-11-4-5-12-9-13(6-7-15(12)18-11)16(19)14-3-2-8-17-10-14/h4-7,9,14,17H,2-3,8,10H2,1H3. The molecule has 1 saturated heterocycles. The number of fused-ring (bicyclic) bond motifs is 1. The third-order valence-corrected chi connectivity index (χ3v) is 3.78. The highest BCUT2D eigenvalue weighted by Gasteiger charge is 2.22. The number of nitrogens with zero attached hydrogens (tertiary/aromatic N) is 1. The molecule has 1 unspecified atom stereocenters. The van der Waals surface area contributed by atoms with Crippen LogP contribution in [0.2, 0.25) is 0 Å². The van der Waals surface area contributed by atoms with E-state index in [1.165, 1.54) is 0 Å². The van der Waals surface area contributed by atoms with Crippen molar-refractivity contribution in [2.45, 2.75) is 19.8 Å². The molecular formula is C16H18N2O. The van der Waals surface area contributed by atoms with Crippen molar-refractivity contribution in [2.24, 2.45) is 5.92 Å². The molecule has 1 atom stereocenters. The summed E-state index contributed by atoms with van der Waals surface area (Å²) < 4.78 is 0. The van der Waals surface area contributed by atoms with Crippen molar-refractivity contribution in [3.63, 3.8) is 0 Å². The molecule has 0 spiro atoms. The molecule has 0 radical (unpaired) electrons. The van der Waals surface area contributed by atoms with Crippen LogP contribution in [0.15, 0.2) is 30.3 Å². The van der Waals surface area contributed by atoms with E-state index in [0.717, 1.165) is 48.1 Å². The van der Waals surface area contributed by atoms with Gasteiger partial charge in [-0.25, -0.2) is 0 Å². The molecule has 1 N–H and O–H groups in total. The number of pyridine rings is 1. The van der Waals surface area contributed by atoms with Gasteiger partial charge in [0.1, 0.15) is 0 Å². The minimum atomic E-state index is 0.129. The van der Waals surface area contributed by atoms with E-state index in [1.807, 2.05) is 37.3 Å². The molecule has 98 valence electrons. The summed E-state index contributed by atoms with van der Waals surface area (Å²) in [4.78, 5) is 16.9. The van der Waals surface area contributed by atoms with Gasteiger partial charge in [-0.05, 0) is 50.6 Å². The van der Waals surface area contributed by atoms with Gasteiger partial charge in [0.25, 0.3) is 0 Å². The summed E-state index contributed by atoms with van der Waals surface area (Å²) in [5, 5.41) is 4.34. The lowest BCUT2D eigenvalue weighted by Gasteiger charge is -2.21. The Kier molecular flexibility index (Phi) is 3.30. The summed E-state index contributed by atoms with van der Waals surface area (Å²) in [6.07, 6.45) is 2.08. The SMILES string of the molecule is Cc1ccc2cc(C(=O)C3CCCNC3)ccc2n1. The summed E-state index contributed by atoms with van der Waals surface area (Å²) in [6, 6.07) is 9.85. The summed E-state index contributed by atoms with van der Waals surface area (Å²) in [6.45, 7) is 3.82. The van der Waals surface area contributed by atoms with E-state index in [-0.39, 0.29) is 11.7 Å².